The molecule has 2 aromatic carbocycles. The van der Waals surface area contributed by atoms with E-state index in [-0.39, 0.29) is 12.5 Å². The van der Waals surface area contributed by atoms with E-state index in [1.165, 1.54) is 0 Å². The predicted molar refractivity (Wildman–Crippen MR) is 96.3 cm³/mol. The Bertz CT molecular complexity index is 857. The lowest BCUT2D eigenvalue weighted by atomic mass is 10.1. The highest BCUT2D eigenvalue weighted by atomic mass is 35.5. The number of nitrogens with zero attached hydrogens (tertiary/aromatic N) is 3. The van der Waals surface area contributed by atoms with Gasteiger partial charge in [-0.1, -0.05) is 34.5 Å². The molecule has 0 saturated heterocycles. The van der Waals surface area contributed by atoms with Gasteiger partial charge in [-0.2, -0.15) is 4.98 Å². The van der Waals surface area contributed by atoms with E-state index in [0.29, 0.717) is 28.8 Å². The highest BCUT2D eigenvalue weighted by Crippen LogP contribution is 2.19. The summed E-state index contributed by atoms with van der Waals surface area (Å²) in [6.45, 7) is 4.72. The van der Waals surface area contributed by atoms with Crippen molar-refractivity contribution in [1.82, 2.24) is 15.0 Å². The summed E-state index contributed by atoms with van der Waals surface area (Å²) in [4.78, 5) is 18.7. The number of aromatic nitrogens is 2. The molecule has 0 aliphatic rings. The molecule has 6 heteroatoms. The van der Waals surface area contributed by atoms with Gasteiger partial charge in [-0.3, -0.25) is 4.79 Å². The van der Waals surface area contributed by atoms with E-state index >= 15 is 0 Å². The summed E-state index contributed by atoms with van der Waals surface area (Å²) in [6, 6.07) is 14.7. The first-order valence-corrected chi connectivity index (χ1v) is 8.39. The first-order valence-electron chi connectivity index (χ1n) is 8.01. The summed E-state index contributed by atoms with van der Waals surface area (Å²) in [5.41, 5.74) is 2.57. The zero-order valence-corrected chi connectivity index (χ0v) is 14.8. The molecule has 0 unspecified atom stereocenters. The van der Waals surface area contributed by atoms with Crippen LogP contribution in [-0.4, -0.2) is 27.5 Å². The van der Waals surface area contributed by atoms with Crippen LogP contribution in [0.25, 0.3) is 11.4 Å². The third kappa shape index (κ3) is 4.06. The molecule has 0 saturated carbocycles. The topological polar surface area (TPSA) is 59.2 Å². The number of benzene rings is 2. The lowest BCUT2D eigenvalue weighted by molar-refractivity contribution is 0.0734. The highest BCUT2D eigenvalue weighted by Gasteiger charge is 2.18. The molecule has 0 spiro atoms. The van der Waals surface area contributed by atoms with Crippen molar-refractivity contribution in [2.75, 3.05) is 6.54 Å². The second kappa shape index (κ2) is 7.49. The summed E-state index contributed by atoms with van der Waals surface area (Å²) in [6.07, 6.45) is 0. The lowest BCUT2D eigenvalue weighted by Crippen LogP contribution is -2.30. The Morgan fingerprint density at radius 3 is 2.44 bits per heavy atom. The van der Waals surface area contributed by atoms with Crippen LogP contribution in [0.4, 0.5) is 0 Å². The molecule has 5 nitrogen and oxygen atoms in total. The molecule has 0 aliphatic heterocycles. The van der Waals surface area contributed by atoms with Crippen molar-refractivity contribution in [3.63, 3.8) is 0 Å². The van der Waals surface area contributed by atoms with Crippen LogP contribution in [-0.2, 0) is 6.54 Å². The zero-order valence-electron chi connectivity index (χ0n) is 14.1. The standard InChI is InChI=1S/C19H18ClN3O2/c1-3-23(19(24)15-6-4-13(2)5-7-15)12-17-21-18(22-25-17)14-8-10-16(20)11-9-14/h4-11H,3,12H2,1-2H3. The van der Waals surface area contributed by atoms with Gasteiger partial charge in [0.1, 0.15) is 6.54 Å². The molecule has 0 fully saturated rings. The maximum Gasteiger partial charge on any atom is 0.254 e. The number of carbonyl (C=O) groups is 1. The van der Waals surface area contributed by atoms with Gasteiger partial charge < -0.3 is 9.42 Å². The van der Waals surface area contributed by atoms with E-state index in [9.17, 15) is 4.79 Å². The minimum Gasteiger partial charge on any atom is -0.337 e. The molecule has 3 aromatic rings. The first-order chi connectivity index (χ1) is 12.1. The molecule has 0 radical (unpaired) electrons. The highest BCUT2D eigenvalue weighted by molar-refractivity contribution is 6.30. The summed E-state index contributed by atoms with van der Waals surface area (Å²) in [7, 11) is 0. The summed E-state index contributed by atoms with van der Waals surface area (Å²) >= 11 is 5.89. The molecule has 1 heterocycles. The third-order valence-corrected chi connectivity index (χ3v) is 4.12. The van der Waals surface area contributed by atoms with Gasteiger partial charge in [0, 0.05) is 22.7 Å². The Morgan fingerprint density at radius 1 is 1.12 bits per heavy atom. The Morgan fingerprint density at radius 2 is 1.80 bits per heavy atom. The van der Waals surface area contributed by atoms with Gasteiger partial charge >= 0.3 is 0 Å². The largest absolute Gasteiger partial charge is 0.337 e. The van der Waals surface area contributed by atoms with Crippen LogP contribution in [0, 0.1) is 6.92 Å². The maximum absolute atomic E-state index is 12.6. The van der Waals surface area contributed by atoms with E-state index in [2.05, 4.69) is 10.1 Å². The molecule has 3 rings (SSSR count). The van der Waals surface area contributed by atoms with Gasteiger partial charge in [0.05, 0.1) is 0 Å². The van der Waals surface area contributed by atoms with Crippen LogP contribution < -0.4 is 0 Å². The normalized spacial score (nSPS) is 10.7. The number of hydrogen-bond acceptors (Lipinski definition) is 4. The van der Waals surface area contributed by atoms with Gasteiger partial charge in [0.25, 0.3) is 5.91 Å². The number of amides is 1. The number of rotatable bonds is 5. The maximum atomic E-state index is 12.6. The second-order valence-corrected chi connectivity index (χ2v) is 6.14. The SMILES string of the molecule is CCN(Cc1nc(-c2ccc(Cl)cc2)no1)C(=O)c1ccc(C)cc1. The monoisotopic (exact) mass is 355 g/mol. The average molecular weight is 356 g/mol. The Labute approximate surface area is 151 Å². The van der Waals surface area contributed by atoms with Crippen molar-refractivity contribution in [2.24, 2.45) is 0 Å². The minimum atomic E-state index is -0.0613. The zero-order chi connectivity index (χ0) is 17.8. The Kier molecular flexibility index (Phi) is 5.14. The van der Waals surface area contributed by atoms with E-state index in [0.717, 1.165) is 11.1 Å². The predicted octanol–water partition coefficient (Wildman–Crippen LogP) is 4.36. The molecular formula is C19H18ClN3O2. The number of hydrogen-bond donors (Lipinski definition) is 0. The Hall–Kier alpha value is -2.66. The fourth-order valence-corrected chi connectivity index (χ4v) is 2.53. The molecule has 0 bridgehead atoms. The molecule has 1 aromatic heterocycles. The van der Waals surface area contributed by atoms with Crippen molar-refractivity contribution in [3.8, 4) is 11.4 Å². The van der Waals surface area contributed by atoms with Crippen LogP contribution in [0.3, 0.4) is 0 Å². The minimum absolute atomic E-state index is 0.0613. The van der Waals surface area contributed by atoms with Gasteiger partial charge in [0.15, 0.2) is 0 Å². The van der Waals surface area contributed by atoms with Crippen LogP contribution in [0.2, 0.25) is 5.02 Å². The molecule has 0 atom stereocenters. The summed E-state index contributed by atoms with van der Waals surface area (Å²) in [5, 5.41) is 4.63. The summed E-state index contributed by atoms with van der Waals surface area (Å²) in [5.74, 6) is 0.812. The Balaban J connectivity index is 1.75. The molecule has 128 valence electrons. The van der Waals surface area contributed by atoms with E-state index < -0.39 is 0 Å². The fraction of sp³-hybridized carbons (Fsp3) is 0.211. The van der Waals surface area contributed by atoms with E-state index in [1.54, 1.807) is 17.0 Å². The molecule has 0 N–H and O–H groups in total. The quantitative estimate of drug-likeness (QED) is 0.682. The van der Waals surface area contributed by atoms with Crippen molar-refractivity contribution in [1.29, 1.82) is 0 Å². The number of aryl methyl sites for hydroxylation is 1. The van der Waals surface area contributed by atoms with E-state index in [1.807, 2.05) is 50.2 Å². The lowest BCUT2D eigenvalue weighted by Gasteiger charge is -2.18. The third-order valence-electron chi connectivity index (χ3n) is 3.86. The van der Waals surface area contributed by atoms with E-state index in [4.69, 9.17) is 16.1 Å². The van der Waals surface area contributed by atoms with Gasteiger partial charge in [-0.15, -0.1) is 0 Å². The molecule has 1 amide bonds. The second-order valence-electron chi connectivity index (χ2n) is 5.70. The number of carbonyl (C=O) groups excluding carboxylic acids is 1. The smallest absolute Gasteiger partial charge is 0.254 e. The average Bonchev–Trinajstić information content (AvgIpc) is 3.09. The van der Waals surface area contributed by atoms with Crippen LogP contribution in [0.5, 0.6) is 0 Å². The molecular weight excluding hydrogens is 338 g/mol. The van der Waals surface area contributed by atoms with Crippen LogP contribution >= 0.6 is 11.6 Å². The van der Waals surface area contributed by atoms with Gasteiger partial charge in [-0.25, -0.2) is 0 Å². The van der Waals surface area contributed by atoms with Crippen LogP contribution in [0.15, 0.2) is 53.1 Å². The first kappa shape index (κ1) is 17.2. The van der Waals surface area contributed by atoms with Crippen molar-refractivity contribution >= 4 is 17.5 Å². The van der Waals surface area contributed by atoms with Crippen molar-refractivity contribution < 1.29 is 9.32 Å². The summed E-state index contributed by atoms with van der Waals surface area (Å²) < 4.78 is 5.30. The van der Waals surface area contributed by atoms with Gasteiger partial charge in [-0.05, 0) is 50.2 Å². The molecule has 25 heavy (non-hydrogen) atoms. The fourth-order valence-electron chi connectivity index (χ4n) is 2.40. The number of halogens is 1. The van der Waals surface area contributed by atoms with Crippen molar-refractivity contribution in [2.45, 2.75) is 20.4 Å². The van der Waals surface area contributed by atoms with Crippen LogP contribution in [0.1, 0.15) is 28.7 Å². The van der Waals surface area contributed by atoms with Crippen molar-refractivity contribution in [3.05, 3.63) is 70.6 Å². The molecule has 0 aliphatic carbocycles. The van der Waals surface area contributed by atoms with Gasteiger partial charge in [0.2, 0.25) is 11.7 Å².